The standard InChI is InChI=1S/C17H16N2O7/c20-12(11-2-3-13-14(8-11)25-7-1-6-24-13)10-26-16(22)9-19-5-4-15(21)18-17(19)23/h2-5,8H,1,6-7,9-10H2,(H,18,21,23). The van der Waals surface area contributed by atoms with Gasteiger partial charge in [-0.3, -0.25) is 23.9 Å². The molecule has 2 heterocycles. The summed E-state index contributed by atoms with van der Waals surface area (Å²) in [5.41, 5.74) is -0.976. The fourth-order valence-corrected chi connectivity index (χ4v) is 2.32. The lowest BCUT2D eigenvalue weighted by atomic mass is 10.1. The number of Topliss-reactive ketones (excluding diaryl/α,β-unsaturated/α-hetero) is 1. The van der Waals surface area contributed by atoms with E-state index in [0.29, 0.717) is 30.3 Å². The van der Waals surface area contributed by atoms with Crippen molar-refractivity contribution in [3.8, 4) is 11.5 Å². The SMILES string of the molecule is O=C(Cn1ccc(=O)[nH]c1=O)OCC(=O)c1ccc2c(c1)OCCCO2. The molecule has 9 heteroatoms. The summed E-state index contributed by atoms with van der Waals surface area (Å²) in [4.78, 5) is 48.5. The molecule has 26 heavy (non-hydrogen) atoms. The zero-order valence-corrected chi connectivity index (χ0v) is 13.7. The van der Waals surface area contributed by atoms with Crippen molar-refractivity contribution in [1.82, 2.24) is 9.55 Å². The van der Waals surface area contributed by atoms with E-state index >= 15 is 0 Å². The van der Waals surface area contributed by atoms with E-state index in [-0.39, 0.29) is 0 Å². The number of H-pyrrole nitrogens is 1. The fraction of sp³-hybridized carbons (Fsp3) is 0.294. The lowest BCUT2D eigenvalue weighted by Gasteiger charge is -2.09. The fourth-order valence-electron chi connectivity index (χ4n) is 2.32. The molecule has 0 saturated heterocycles. The molecule has 3 rings (SSSR count). The highest BCUT2D eigenvalue weighted by Gasteiger charge is 2.16. The Hall–Kier alpha value is -3.36. The molecule has 1 aromatic heterocycles. The molecule has 0 fully saturated rings. The third kappa shape index (κ3) is 4.18. The van der Waals surface area contributed by atoms with Crippen LogP contribution in [0.25, 0.3) is 0 Å². The molecule has 0 aliphatic carbocycles. The van der Waals surface area contributed by atoms with Crippen molar-refractivity contribution >= 4 is 11.8 Å². The first-order chi connectivity index (χ1) is 12.5. The number of benzene rings is 1. The maximum absolute atomic E-state index is 12.2. The van der Waals surface area contributed by atoms with Crippen LogP contribution < -0.4 is 20.7 Å². The Morgan fingerprint density at radius 2 is 1.88 bits per heavy atom. The smallest absolute Gasteiger partial charge is 0.328 e. The van der Waals surface area contributed by atoms with Crippen LogP contribution in [-0.2, 0) is 16.1 Å². The molecule has 0 atom stereocenters. The second-order valence-corrected chi connectivity index (χ2v) is 5.53. The number of aromatic amines is 1. The quantitative estimate of drug-likeness (QED) is 0.595. The van der Waals surface area contributed by atoms with Gasteiger partial charge < -0.3 is 14.2 Å². The van der Waals surface area contributed by atoms with Crippen LogP contribution in [0.1, 0.15) is 16.8 Å². The Kier molecular flexibility index (Phi) is 5.16. The van der Waals surface area contributed by atoms with E-state index in [2.05, 4.69) is 0 Å². The van der Waals surface area contributed by atoms with Crippen LogP contribution in [0.2, 0.25) is 0 Å². The number of nitrogens with one attached hydrogen (secondary N) is 1. The number of carbonyl (C=O) groups is 2. The maximum atomic E-state index is 12.2. The van der Waals surface area contributed by atoms with Gasteiger partial charge in [0.05, 0.1) is 13.2 Å². The number of nitrogens with zero attached hydrogens (tertiary/aromatic N) is 1. The molecular formula is C17H16N2O7. The third-order valence-electron chi connectivity index (χ3n) is 3.63. The van der Waals surface area contributed by atoms with Crippen molar-refractivity contribution in [3.05, 3.63) is 56.9 Å². The number of hydrogen-bond acceptors (Lipinski definition) is 7. The zero-order valence-electron chi connectivity index (χ0n) is 13.7. The molecule has 0 spiro atoms. The van der Waals surface area contributed by atoms with E-state index in [9.17, 15) is 19.2 Å². The molecular weight excluding hydrogens is 344 g/mol. The number of esters is 1. The van der Waals surface area contributed by atoms with E-state index in [0.717, 1.165) is 17.1 Å². The molecule has 0 saturated carbocycles. The van der Waals surface area contributed by atoms with E-state index in [1.165, 1.54) is 6.20 Å². The maximum Gasteiger partial charge on any atom is 0.328 e. The highest BCUT2D eigenvalue weighted by atomic mass is 16.5. The normalized spacial score (nSPS) is 12.9. The summed E-state index contributed by atoms with van der Waals surface area (Å²) in [6.07, 6.45) is 1.92. The third-order valence-corrected chi connectivity index (χ3v) is 3.63. The van der Waals surface area contributed by atoms with Crippen LogP contribution >= 0.6 is 0 Å². The number of fused-ring (bicyclic) bond motifs is 1. The Morgan fingerprint density at radius 3 is 2.65 bits per heavy atom. The highest BCUT2D eigenvalue weighted by molar-refractivity contribution is 5.98. The summed E-state index contributed by atoms with van der Waals surface area (Å²) in [6.45, 7) is 0.149. The first-order valence-corrected chi connectivity index (χ1v) is 7.91. The number of carbonyl (C=O) groups excluding carboxylic acids is 2. The van der Waals surface area contributed by atoms with Crippen molar-refractivity contribution in [2.45, 2.75) is 13.0 Å². The number of ether oxygens (including phenoxy) is 3. The first-order valence-electron chi connectivity index (χ1n) is 7.91. The zero-order chi connectivity index (χ0) is 18.5. The van der Waals surface area contributed by atoms with Gasteiger partial charge >= 0.3 is 11.7 Å². The summed E-state index contributed by atoms with van der Waals surface area (Å²) in [6, 6.07) is 5.85. The molecule has 1 N–H and O–H groups in total. The van der Waals surface area contributed by atoms with Gasteiger partial charge in [0.25, 0.3) is 5.56 Å². The van der Waals surface area contributed by atoms with Crippen LogP contribution in [0.5, 0.6) is 11.5 Å². The van der Waals surface area contributed by atoms with Crippen LogP contribution in [0.15, 0.2) is 40.1 Å². The highest BCUT2D eigenvalue weighted by Crippen LogP contribution is 2.30. The van der Waals surface area contributed by atoms with Gasteiger partial charge in [0.15, 0.2) is 23.9 Å². The van der Waals surface area contributed by atoms with Crippen LogP contribution in [-0.4, -0.2) is 41.1 Å². The van der Waals surface area contributed by atoms with E-state index in [4.69, 9.17) is 14.2 Å². The van der Waals surface area contributed by atoms with Crippen molar-refractivity contribution in [3.63, 3.8) is 0 Å². The van der Waals surface area contributed by atoms with E-state index in [1.807, 2.05) is 4.98 Å². The first kappa shape index (κ1) is 17.5. The lowest BCUT2D eigenvalue weighted by molar-refractivity contribution is -0.143. The number of aromatic nitrogens is 2. The minimum Gasteiger partial charge on any atom is -0.490 e. The molecule has 2 aromatic rings. The second-order valence-electron chi connectivity index (χ2n) is 5.53. The van der Waals surface area contributed by atoms with Crippen LogP contribution in [0.3, 0.4) is 0 Å². The van der Waals surface area contributed by atoms with Crippen molar-refractivity contribution < 1.29 is 23.8 Å². The molecule has 1 aromatic carbocycles. The average Bonchev–Trinajstić information content (AvgIpc) is 2.86. The summed E-state index contributed by atoms with van der Waals surface area (Å²) in [5, 5.41) is 0. The molecule has 0 bridgehead atoms. The van der Waals surface area contributed by atoms with Gasteiger partial charge in [0.2, 0.25) is 0 Å². The molecule has 0 unspecified atom stereocenters. The Balaban J connectivity index is 1.60. The average molecular weight is 360 g/mol. The second kappa shape index (κ2) is 7.68. The number of rotatable bonds is 5. The Morgan fingerprint density at radius 1 is 1.12 bits per heavy atom. The van der Waals surface area contributed by atoms with Gasteiger partial charge in [0.1, 0.15) is 6.54 Å². The van der Waals surface area contributed by atoms with Crippen molar-refractivity contribution in [2.75, 3.05) is 19.8 Å². The lowest BCUT2D eigenvalue weighted by Crippen LogP contribution is -2.31. The predicted octanol–water partition coefficient (Wildman–Crippen LogP) is 0.124. The van der Waals surface area contributed by atoms with Gasteiger partial charge in [-0.25, -0.2) is 4.79 Å². The van der Waals surface area contributed by atoms with Gasteiger partial charge in [-0.05, 0) is 18.2 Å². The van der Waals surface area contributed by atoms with Gasteiger partial charge in [0, 0.05) is 24.2 Å². The van der Waals surface area contributed by atoms with Crippen molar-refractivity contribution in [2.24, 2.45) is 0 Å². The molecule has 1 aliphatic heterocycles. The molecule has 9 nitrogen and oxygen atoms in total. The molecule has 1 aliphatic rings. The predicted molar refractivity (Wildman–Crippen MR) is 88.7 cm³/mol. The Bertz CT molecular complexity index is 945. The monoisotopic (exact) mass is 360 g/mol. The minimum absolute atomic E-state index is 0.322. The van der Waals surface area contributed by atoms with Gasteiger partial charge in [-0.15, -0.1) is 0 Å². The Labute approximate surface area is 147 Å². The van der Waals surface area contributed by atoms with Crippen LogP contribution in [0, 0.1) is 0 Å². The number of ketones is 1. The minimum atomic E-state index is -0.776. The van der Waals surface area contributed by atoms with E-state index < -0.39 is 36.2 Å². The largest absolute Gasteiger partial charge is 0.490 e. The summed E-state index contributed by atoms with van der Waals surface area (Å²) >= 11 is 0. The topological polar surface area (TPSA) is 117 Å². The van der Waals surface area contributed by atoms with E-state index in [1.54, 1.807) is 18.2 Å². The summed E-state index contributed by atoms with van der Waals surface area (Å²) in [7, 11) is 0. The van der Waals surface area contributed by atoms with Crippen molar-refractivity contribution in [1.29, 1.82) is 0 Å². The number of hydrogen-bond donors (Lipinski definition) is 1. The summed E-state index contributed by atoms with van der Waals surface area (Å²) in [5.74, 6) is -0.155. The van der Waals surface area contributed by atoms with Gasteiger partial charge in [-0.1, -0.05) is 0 Å². The summed E-state index contributed by atoms with van der Waals surface area (Å²) < 4.78 is 16.9. The molecule has 136 valence electrons. The van der Waals surface area contributed by atoms with Crippen LogP contribution in [0.4, 0.5) is 0 Å². The molecule has 0 amide bonds. The van der Waals surface area contributed by atoms with Gasteiger partial charge in [-0.2, -0.15) is 0 Å². The molecule has 0 radical (unpaired) electrons.